The van der Waals surface area contributed by atoms with E-state index in [-0.39, 0.29) is 6.10 Å². The molecule has 1 saturated heterocycles. The number of hydrogen-bond donors (Lipinski definition) is 1. The van der Waals surface area contributed by atoms with Gasteiger partial charge in [0.15, 0.2) is 0 Å². The number of rotatable bonds is 0. The summed E-state index contributed by atoms with van der Waals surface area (Å²) in [6.45, 7) is 3.26. The molecule has 0 amide bonds. The van der Waals surface area contributed by atoms with E-state index in [1.807, 2.05) is 0 Å². The maximum atomic E-state index is 9.30. The van der Waals surface area contributed by atoms with Crippen molar-refractivity contribution in [1.82, 2.24) is 4.90 Å². The van der Waals surface area contributed by atoms with E-state index in [0.717, 1.165) is 25.8 Å². The van der Waals surface area contributed by atoms with Crippen LogP contribution in [0.1, 0.15) is 26.2 Å². The zero-order valence-corrected chi connectivity index (χ0v) is 6.88. The quantitative estimate of drug-likeness (QED) is 0.543. The molecular weight excluding hydrogens is 126 g/mol. The number of aliphatic hydroxyl groups excluding tert-OH is 1. The monoisotopic (exact) mass is 143 g/mol. The summed E-state index contributed by atoms with van der Waals surface area (Å²) in [7, 11) is 2.13. The van der Waals surface area contributed by atoms with Crippen LogP contribution >= 0.6 is 0 Å². The van der Waals surface area contributed by atoms with Crippen LogP contribution in [0.2, 0.25) is 0 Å². The first-order chi connectivity index (χ1) is 4.70. The molecule has 1 rings (SSSR count). The van der Waals surface area contributed by atoms with Gasteiger partial charge in [0.05, 0.1) is 6.10 Å². The van der Waals surface area contributed by atoms with Gasteiger partial charge in [-0.05, 0) is 33.2 Å². The van der Waals surface area contributed by atoms with Crippen molar-refractivity contribution in [2.45, 2.75) is 38.3 Å². The van der Waals surface area contributed by atoms with E-state index < -0.39 is 0 Å². The topological polar surface area (TPSA) is 23.5 Å². The molecular formula is C8H17NO. The van der Waals surface area contributed by atoms with Crippen molar-refractivity contribution >= 4 is 0 Å². The fourth-order valence-corrected chi connectivity index (χ4v) is 1.37. The second-order valence-electron chi connectivity index (χ2n) is 3.35. The SMILES string of the molecule is CC1CCC(O)CCN1C. The molecule has 0 saturated carbocycles. The Morgan fingerprint density at radius 1 is 1.30 bits per heavy atom. The Labute approximate surface area is 62.8 Å². The van der Waals surface area contributed by atoms with E-state index in [1.165, 1.54) is 0 Å². The number of aliphatic hydroxyl groups is 1. The van der Waals surface area contributed by atoms with Crippen LogP contribution in [0.5, 0.6) is 0 Å². The van der Waals surface area contributed by atoms with Gasteiger partial charge in [0.2, 0.25) is 0 Å². The molecule has 0 aromatic carbocycles. The average Bonchev–Trinajstić information content (AvgIpc) is 2.04. The summed E-state index contributed by atoms with van der Waals surface area (Å²) in [4.78, 5) is 2.32. The molecule has 2 nitrogen and oxygen atoms in total. The molecule has 1 aliphatic rings. The third kappa shape index (κ3) is 1.96. The Hall–Kier alpha value is -0.0800. The van der Waals surface area contributed by atoms with Crippen molar-refractivity contribution in [2.75, 3.05) is 13.6 Å². The van der Waals surface area contributed by atoms with Crippen molar-refractivity contribution in [3.05, 3.63) is 0 Å². The van der Waals surface area contributed by atoms with Crippen LogP contribution in [0.4, 0.5) is 0 Å². The van der Waals surface area contributed by atoms with Crippen LogP contribution in [-0.4, -0.2) is 35.7 Å². The highest BCUT2D eigenvalue weighted by molar-refractivity contribution is 4.72. The van der Waals surface area contributed by atoms with E-state index in [1.54, 1.807) is 0 Å². The van der Waals surface area contributed by atoms with Gasteiger partial charge in [-0.15, -0.1) is 0 Å². The number of likely N-dealkylation sites (tertiary alicyclic amines) is 1. The number of nitrogens with zero attached hydrogens (tertiary/aromatic N) is 1. The van der Waals surface area contributed by atoms with Crippen molar-refractivity contribution in [3.63, 3.8) is 0 Å². The first-order valence-corrected chi connectivity index (χ1v) is 4.08. The minimum absolute atomic E-state index is 0.0487. The summed E-state index contributed by atoms with van der Waals surface area (Å²) in [5, 5.41) is 9.30. The third-order valence-corrected chi connectivity index (χ3v) is 2.49. The Bertz CT molecular complexity index is 93.4. The van der Waals surface area contributed by atoms with Gasteiger partial charge in [-0.1, -0.05) is 0 Å². The van der Waals surface area contributed by atoms with Gasteiger partial charge in [0.1, 0.15) is 0 Å². The smallest absolute Gasteiger partial charge is 0.0553 e. The summed E-state index contributed by atoms with van der Waals surface area (Å²) in [6.07, 6.45) is 3.01. The van der Waals surface area contributed by atoms with E-state index in [0.29, 0.717) is 6.04 Å². The molecule has 0 spiro atoms. The van der Waals surface area contributed by atoms with Crippen LogP contribution < -0.4 is 0 Å². The fraction of sp³-hybridized carbons (Fsp3) is 1.00. The maximum absolute atomic E-state index is 9.30. The van der Waals surface area contributed by atoms with Crippen molar-refractivity contribution in [3.8, 4) is 0 Å². The summed E-state index contributed by atoms with van der Waals surface area (Å²) in [6, 6.07) is 0.650. The molecule has 0 aromatic heterocycles. The standard InChI is InChI=1S/C8H17NO/c1-7-3-4-8(10)5-6-9(7)2/h7-8,10H,3-6H2,1-2H3. The maximum Gasteiger partial charge on any atom is 0.0553 e. The minimum atomic E-state index is -0.0487. The molecule has 0 aromatic rings. The molecule has 1 aliphatic heterocycles. The van der Waals surface area contributed by atoms with Gasteiger partial charge in [-0.25, -0.2) is 0 Å². The zero-order valence-electron chi connectivity index (χ0n) is 6.88. The molecule has 0 aliphatic carbocycles. The second kappa shape index (κ2) is 3.35. The minimum Gasteiger partial charge on any atom is -0.393 e. The predicted molar refractivity (Wildman–Crippen MR) is 41.9 cm³/mol. The molecule has 1 fully saturated rings. The molecule has 2 atom stereocenters. The average molecular weight is 143 g/mol. The molecule has 0 radical (unpaired) electrons. The second-order valence-corrected chi connectivity index (χ2v) is 3.35. The van der Waals surface area contributed by atoms with Crippen LogP contribution in [-0.2, 0) is 0 Å². The fourth-order valence-electron chi connectivity index (χ4n) is 1.37. The molecule has 10 heavy (non-hydrogen) atoms. The Balaban J connectivity index is 2.38. The van der Waals surface area contributed by atoms with E-state index in [2.05, 4.69) is 18.9 Å². The van der Waals surface area contributed by atoms with Gasteiger partial charge in [-0.2, -0.15) is 0 Å². The molecule has 60 valence electrons. The molecule has 1 N–H and O–H groups in total. The van der Waals surface area contributed by atoms with Gasteiger partial charge in [-0.3, -0.25) is 0 Å². The van der Waals surface area contributed by atoms with Gasteiger partial charge >= 0.3 is 0 Å². The lowest BCUT2D eigenvalue weighted by Crippen LogP contribution is -2.28. The summed E-state index contributed by atoms with van der Waals surface area (Å²) in [5.41, 5.74) is 0. The lowest BCUT2D eigenvalue weighted by Gasteiger charge is -2.20. The summed E-state index contributed by atoms with van der Waals surface area (Å²) in [5.74, 6) is 0. The highest BCUT2D eigenvalue weighted by Crippen LogP contribution is 2.14. The Morgan fingerprint density at radius 2 is 2.00 bits per heavy atom. The van der Waals surface area contributed by atoms with Crippen LogP contribution in [0.3, 0.4) is 0 Å². The van der Waals surface area contributed by atoms with Gasteiger partial charge in [0, 0.05) is 12.6 Å². The largest absolute Gasteiger partial charge is 0.393 e. The van der Waals surface area contributed by atoms with Gasteiger partial charge in [0.25, 0.3) is 0 Å². The van der Waals surface area contributed by atoms with E-state index in [9.17, 15) is 5.11 Å². The molecule has 1 heterocycles. The zero-order chi connectivity index (χ0) is 7.56. The van der Waals surface area contributed by atoms with Crippen LogP contribution in [0.15, 0.2) is 0 Å². The van der Waals surface area contributed by atoms with Crippen LogP contribution in [0, 0.1) is 0 Å². The lowest BCUT2D eigenvalue weighted by molar-refractivity contribution is 0.157. The first kappa shape index (κ1) is 8.02. The Kier molecular flexibility index (Phi) is 2.69. The highest BCUT2D eigenvalue weighted by atomic mass is 16.3. The third-order valence-electron chi connectivity index (χ3n) is 2.49. The highest BCUT2D eigenvalue weighted by Gasteiger charge is 2.17. The summed E-state index contributed by atoms with van der Waals surface area (Å²) < 4.78 is 0. The summed E-state index contributed by atoms with van der Waals surface area (Å²) >= 11 is 0. The van der Waals surface area contributed by atoms with Crippen molar-refractivity contribution < 1.29 is 5.11 Å². The number of hydrogen-bond acceptors (Lipinski definition) is 2. The van der Waals surface area contributed by atoms with E-state index in [4.69, 9.17) is 0 Å². The normalized spacial score (nSPS) is 37.5. The van der Waals surface area contributed by atoms with Crippen molar-refractivity contribution in [1.29, 1.82) is 0 Å². The predicted octanol–water partition coefficient (Wildman–Crippen LogP) is 0.851. The van der Waals surface area contributed by atoms with Crippen molar-refractivity contribution in [2.24, 2.45) is 0 Å². The first-order valence-electron chi connectivity index (χ1n) is 4.08. The molecule has 2 unspecified atom stereocenters. The Morgan fingerprint density at radius 3 is 2.70 bits per heavy atom. The van der Waals surface area contributed by atoms with Crippen LogP contribution in [0.25, 0.3) is 0 Å². The molecule has 2 heteroatoms. The van der Waals surface area contributed by atoms with Gasteiger partial charge < -0.3 is 10.0 Å². The molecule has 0 bridgehead atoms. The van der Waals surface area contributed by atoms with E-state index >= 15 is 0 Å². The lowest BCUT2D eigenvalue weighted by atomic mass is 10.1.